The molecule has 2 saturated heterocycles. The first-order chi connectivity index (χ1) is 17.2. The highest BCUT2D eigenvalue weighted by Crippen LogP contribution is 2.37. The van der Waals surface area contributed by atoms with Gasteiger partial charge in [-0.3, -0.25) is 4.57 Å². The van der Waals surface area contributed by atoms with Gasteiger partial charge >= 0.3 is 0 Å². The van der Waals surface area contributed by atoms with Gasteiger partial charge in [0, 0.05) is 55.1 Å². The molecule has 1 aromatic carbocycles. The van der Waals surface area contributed by atoms with Crippen LogP contribution in [0.25, 0.3) is 22.7 Å². The zero-order chi connectivity index (χ0) is 23.8. The predicted octanol–water partition coefficient (Wildman–Crippen LogP) is 4.36. The summed E-state index contributed by atoms with van der Waals surface area (Å²) in [7, 11) is 2.00. The van der Waals surface area contributed by atoms with Crippen LogP contribution in [0.5, 0.6) is 0 Å². The fraction of sp³-hybridized carbons (Fsp3) is 0.360. The molecule has 2 fully saturated rings. The molecule has 0 spiro atoms. The lowest BCUT2D eigenvalue weighted by Crippen LogP contribution is -2.36. The van der Waals surface area contributed by atoms with Gasteiger partial charge in [-0.15, -0.1) is 10.2 Å². The molecule has 6 rings (SSSR count). The molecule has 2 aliphatic heterocycles. The van der Waals surface area contributed by atoms with Gasteiger partial charge < -0.3 is 19.1 Å². The molecule has 0 N–H and O–H groups in total. The lowest BCUT2D eigenvalue weighted by atomic mass is 10.1. The summed E-state index contributed by atoms with van der Waals surface area (Å²) in [5.74, 6) is 3.26. The van der Waals surface area contributed by atoms with E-state index < -0.39 is 0 Å². The van der Waals surface area contributed by atoms with Crippen LogP contribution in [0.15, 0.2) is 53.2 Å². The van der Waals surface area contributed by atoms with Crippen LogP contribution in [0.1, 0.15) is 24.6 Å². The van der Waals surface area contributed by atoms with Crippen LogP contribution in [0.2, 0.25) is 5.02 Å². The van der Waals surface area contributed by atoms with Crippen molar-refractivity contribution in [2.24, 2.45) is 7.05 Å². The summed E-state index contributed by atoms with van der Waals surface area (Å²) >= 11 is 6.15. The van der Waals surface area contributed by atoms with Crippen LogP contribution >= 0.6 is 11.6 Å². The molecule has 180 valence electrons. The number of hydrogen-bond donors (Lipinski definition) is 0. The third-order valence-corrected chi connectivity index (χ3v) is 6.92. The first kappa shape index (κ1) is 22.1. The number of hydrogen-bond acceptors (Lipinski definition) is 8. The second-order valence-corrected chi connectivity index (χ2v) is 9.30. The Morgan fingerprint density at radius 2 is 1.89 bits per heavy atom. The second-order valence-electron chi connectivity index (χ2n) is 8.86. The molecule has 0 radical (unpaired) electrons. The quantitative estimate of drug-likeness (QED) is 0.407. The number of rotatable bonds is 5. The fourth-order valence-electron chi connectivity index (χ4n) is 4.86. The van der Waals surface area contributed by atoms with Gasteiger partial charge in [0.15, 0.2) is 11.6 Å². The molecule has 2 aliphatic rings. The van der Waals surface area contributed by atoms with E-state index in [0.717, 1.165) is 80.1 Å². The summed E-state index contributed by atoms with van der Waals surface area (Å²) in [6, 6.07) is 13.8. The van der Waals surface area contributed by atoms with E-state index in [1.165, 1.54) is 0 Å². The number of morpholine rings is 1. The number of anilines is 2. The summed E-state index contributed by atoms with van der Waals surface area (Å²) in [6.45, 7) is 4.07. The van der Waals surface area contributed by atoms with Crippen LogP contribution in [-0.4, -0.2) is 57.8 Å². The molecule has 4 aromatic rings. The van der Waals surface area contributed by atoms with Gasteiger partial charge in [-0.25, -0.2) is 4.98 Å². The summed E-state index contributed by atoms with van der Waals surface area (Å²) in [6.07, 6.45) is 3.89. The summed E-state index contributed by atoms with van der Waals surface area (Å²) < 4.78 is 13.1. The Hall–Kier alpha value is -3.43. The molecular formula is C25H26ClN7O2. The standard InChI is InChI=1S/C25H26ClN7O2/c1-31-24(18-7-8-23(27-16-18)32-10-12-34-13-11-32)28-29-25(31)33-9-3-6-21(33)20-15-22(35-30-20)17-4-2-5-19(26)14-17/h2,4-5,7-8,14-16,21H,3,6,9-13H2,1H3. The van der Waals surface area contributed by atoms with Crippen LogP contribution in [0, 0.1) is 0 Å². The average Bonchev–Trinajstić information content (AvgIpc) is 3.64. The lowest BCUT2D eigenvalue weighted by Gasteiger charge is -2.27. The number of pyridine rings is 1. The molecule has 3 aromatic heterocycles. The van der Waals surface area contributed by atoms with Crippen molar-refractivity contribution in [3.8, 4) is 22.7 Å². The monoisotopic (exact) mass is 491 g/mol. The highest BCUT2D eigenvalue weighted by atomic mass is 35.5. The fourth-order valence-corrected chi connectivity index (χ4v) is 5.05. The first-order valence-electron chi connectivity index (χ1n) is 11.8. The van der Waals surface area contributed by atoms with Gasteiger partial charge in [-0.05, 0) is 37.1 Å². The zero-order valence-electron chi connectivity index (χ0n) is 19.5. The van der Waals surface area contributed by atoms with E-state index in [1.54, 1.807) is 0 Å². The van der Waals surface area contributed by atoms with Crippen LogP contribution in [0.3, 0.4) is 0 Å². The molecule has 0 amide bonds. The lowest BCUT2D eigenvalue weighted by molar-refractivity contribution is 0.122. The highest BCUT2D eigenvalue weighted by molar-refractivity contribution is 6.30. The van der Waals surface area contributed by atoms with Crippen molar-refractivity contribution in [3.63, 3.8) is 0 Å². The normalized spacial score (nSPS) is 18.4. The van der Waals surface area contributed by atoms with Crippen LogP contribution in [-0.2, 0) is 11.8 Å². The van der Waals surface area contributed by atoms with E-state index in [2.05, 4.69) is 36.2 Å². The maximum atomic E-state index is 6.15. The van der Waals surface area contributed by atoms with Crippen molar-refractivity contribution in [1.82, 2.24) is 24.9 Å². The largest absolute Gasteiger partial charge is 0.378 e. The van der Waals surface area contributed by atoms with E-state index in [0.29, 0.717) is 10.8 Å². The van der Waals surface area contributed by atoms with Gasteiger partial charge in [0.1, 0.15) is 11.5 Å². The van der Waals surface area contributed by atoms with E-state index in [1.807, 2.05) is 54.2 Å². The smallest absolute Gasteiger partial charge is 0.227 e. The zero-order valence-corrected chi connectivity index (χ0v) is 20.2. The third-order valence-electron chi connectivity index (χ3n) is 6.68. The molecule has 10 heteroatoms. The van der Waals surface area contributed by atoms with Crippen molar-refractivity contribution >= 4 is 23.4 Å². The Kier molecular flexibility index (Phi) is 5.87. The Bertz CT molecular complexity index is 1310. The summed E-state index contributed by atoms with van der Waals surface area (Å²) in [5.41, 5.74) is 2.73. The van der Waals surface area contributed by atoms with Gasteiger partial charge in [0.2, 0.25) is 5.95 Å². The van der Waals surface area contributed by atoms with E-state index in [-0.39, 0.29) is 6.04 Å². The van der Waals surface area contributed by atoms with Crippen molar-refractivity contribution in [1.29, 1.82) is 0 Å². The molecule has 35 heavy (non-hydrogen) atoms. The van der Waals surface area contributed by atoms with Crippen LogP contribution in [0.4, 0.5) is 11.8 Å². The minimum atomic E-state index is 0.0734. The topological polar surface area (TPSA) is 85.3 Å². The highest BCUT2D eigenvalue weighted by Gasteiger charge is 2.32. The van der Waals surface area contributed by atoms with Crippen molar-refractivity contribution in [2.75, 3.05) is 42.6 Å². The molecule has 1 atom stereocenters. The van der Waals surface area contributed by atoms with Gasteiger partial charge in [0.25, 0.3) is 0 Å². The maximum Gasteiger partial charge on any atom is 0.227 e. The van der Waals surface area contributed by atoms with Gasteiger partial charge in [-0.1, -0.05) is 28.9 Å². The summed E-state index contributed by atoms with van der Waals surface area (Å²) in [4.78, 5) is 9.16. The predicted molar refractivity (Wildman–Crippen MR) is 134 cm³/mol. The molecule has 1 unspecified atom stereocenters. The van der Waals surface area contributed by atoms with Gasteiger partial charge in [0.05, 0.1) is 19.3 Å². The number of ether oxygens (including phenoxy) is 1. The first-order valence-corrected chi connectivity index (χ1v) is 12.2. The minimum absolute atomic E-state index is 0.0734. The molecule has 0 bridgehead atoms. The van der Waals surface area contributed by atoms with E-state index >= 15 is 0 Å². The Morgan fingerprint density at radius 1 is 1.00 bits per heavy atom. The minimum Gasteiger partial charge on any atom is -0.378 e. The third kappa shape index (κ3) is 4.26. The number of aromatic nitrogens is 5. The molecule has 5 heterocycles. The Labute approximate surface area is 208 Å². The molecule has 9 nitrogen and oxygen atoms in total. The van der Waals surface area contributed by atoms with Crippen molar-refractivity contribution in [2.45, 2.75) is 18.9 Å². The number of nitrogens with zero attached hydrogens (tertiary/aromatic N) is 7. The Morgan fingerprint density at radius 3 is 2.69 bits per heavy atom. The maximum absolute atomic E-state index is 6.15. The van der Waals surface area contributed by atoms with Crippen molar-refractivity contribution < 1.29 is 9.26 Å². The molecule has 0 saturated carbocycles. The van der Waals surface area contributed by atoms with E-state index in [9.17, 15) is 0 Å². The van der Waals surface area contributed by atoms with E-state index in [4.69, 9.17) is 20.9 Å². The number of halogens is 1. The van der Waals surface area contributed by atoms with Crippen molar-refractivity contribution in [3.05, 3.63) is 59.4 Å². The molecule has 0 aliphatic carbocycles. The summed E-state index contributed by atoms with van der Waals surface area (Å²) in [5, 5.41) is 14.1. The SMILES string of the molecule is Cn1c(-c2ccc(N3CCOCC3)nc2)nnc1N1CCCC1c1cc(-c2cccc(Cl)c2)on1. The molecular weight excluding hydrogens is 466 g/mol. The van der Waals surface area contributed by atoms with Gasteiger partial charge in [-0.2, -0.15) is 0 Å². The average molecular weight is 492 g/mol. The Balaban J connectivity index is 1.23. The van der Waals surface area contributed by atoms with Crippen LogP contribution < -0.4 is 9.80 Å². The number of benzene rings is 1. The second kappa shape index (κ2) is 9.31.